The van der Waals surface area contributed by atoms with Gasteiger partial charge in [0.25, 0.3) is 0 Å². The van der Waals surface area contributed by atoms with Crippen molar-refractivity contribution in [3.05, 3.63) is 29.8 Å². The predicted octanol–water partition coefficient (Wildman–Crippen LogP) is 1.97. The van der Waals surface area contributed by atoms with Gasteiger partial charge in [0.15, 0.2) is 0 Å². The maximum atomic E-state index is 12.8. The number of amides is 1. The number of nitrogens with zero attached hydrogens (tertiary/aromatic N) is 1. The number of para-hydroxylation sites is 1. The second-order valence-electron chi connectivity index (χ2n) is 5.68. The molecule has 1 aromatic carbocycles. The van der Waals surface area contributed by atoms with Crippen molar-refractivity contribution in [2.75, 3.05) is 24.5 Å². The normalized spacial score (nSPS) is 27.1. The van der Waals surface area contributed by atoms with Gasteiger partial charge in [0, 0.05) is 18.8 Å². The third-order valence-electron chi connectivity index (χ3n) is 4.25. The highest BCUT2D eigenvalue weighted by molar-refractivity contribution is 5.99. The van der Waals surface area contributed by atoms with E-state index in [2.05, 4.69) is 30.4 Å². The summed E-state index contributed by atoms with van der Waals surface area (Å²) in [4.78, 5) is 14.8. The summed E-state index contributed by atoms with van der Waals surface area (Å²) in [5, 5.41) is 3.36. The Morgan fingerprint density at radius 2 is 2.22 bits per heavy atom. The third-order valence-corrected chi connectivity index (χ3v) is 4.25. The first-order valence-corrected chi connectivity index (χ1v) is 6.81. The summed E-state index contributed by atoms with van der Waals surface area (Å²) in [6.45, 7) is 4.79. The molecule has 1 saturated heterocycles. The molecule has 3 rings (SSSR count). The maximum absolute atomic E-state index is 12.8. The Bertz CT molecular complexity index is 463. The largest absolute Gasteiger partial charge is 0.316 e. The van der Waals surface area contributed by atoms with Crippen LogP contribution in [0.2, 0.25) is 0 Å². The number of hydrogen-bond acceptors (Lipinski definition) is 2. The maximum Gasteiger partial charge on any atom is 0.234 e. The van der Waals surface area contributed by atoms with Crippen LogP contribution in [0.1, 0.15) is 25.3 Å². The van der Waals surface area contributed by atoms with Crippen molar-refractivity contribution in [2.24, 2.45) is 5.41 Å². The van der Waals surface area contributed by atoms with E-state index in [9.17, 15) is 4.79 Å². The van der Waals surface area contributed by atoms with Crippen LogP contribution in [0.5, 0.6) is 0 Å². The van der Waals surface area contributed by atoms with Crippen LogP contribution in [0.4, 0.5) is 5.69 Å². The number of benzene rings is 1. The lowest BCUT2D eigenvalue weighted by Gasteiger charge is -2.36. The molecule has 1 aromatic rings. The Morgan fingerprint density at radius 3 is 3.00 bits per heavy atom. The highest BCUT2D eigenvalue weighted by atomic mass is 16.2. The zero-order valence-corrected chi connectivity index (χ0v) is 10.9. The van der Waals surface area contributed by atoms with Gasteiger partial charge in [-0.1, -0.05) is 18.2 Å². The smallest absolute Gasteiger partial charge is 0.234 e. The molecule has 2 aliphatic rings. The first kappa shape index (κ1) is 11.7. The standard InChI is InChI=1S/C15H20N2O/c1-15(8-4-9-16-11-15)14(18)17-10-7-12-5-2-3-6-13(12)17/h2-3,5-6,16H,4,7-11H2,1H3. The van der Waals surface area contributed by atoms with E-state index in [1.807, 2.05) is 11.0 Å². The average molecular weight is 244 g/mol. The Hall–Kier alpha value is -1.35. The van der Waals surface area contributed by atoms with Crippen molar-refractivity contribution >= 4 is 11.6 Å². The number of carbonyl (C=O) groups excluding carboxylic acids is 1. The summed E-state index contributed by atoms with van der Waals surface area (Å²) in [6, 6.07) is 8.27. The SMILES string of the molecule is CC1(C(=O)N2CCc3ccccc32)CCCNC1. The summed E-state index contributed by atoms with van der Waals surface area (Å²) in [5.74, 6) is 0.291. The van der Waals surface area contributed by atoms with Crippen molar-refractivity contribution in [3.8, 4) is 0 Å². The Labute approximate surface area is 108 Å². The summed E-state index contributed by atoms with van der Waals surface area (Å²) >= 11 is 0. The van der Waals surface area contributed by atoms with Crippen molar-refractivity contribution in [3.63, 3.8) is 0 Å². The summed E-state index contributed by atoms with van der Waals surface area (Å²) < 4.78 is 0. The van der Waals surface area contributed by atoms with Crippen LogP contribution in [0.3, 0.4) is 0 Å². The molecular weight excluding hydrogens is 224 g/mol. The van der Waals surface area contributed by atoms with Crippen LogP contribution in [0.15, 0.2) is 24.3 Å². The zero-order valence-electron chi connectivity index (χ0n) is 10.9. The molecule has 0 saturated carbocycles. The number of hydrogen-bond donors (Lipinski definition) is 1. The number of nitrogens with one attached hydrogen (secondary N) is 1. The van der Waals surface area contributed by atoms with Gasteiger partial charge in [-0.05, 0) is 44.4 Å². The number of piperidine rings is 1. The second kappa shape index (κ2) is 4.39. The van der Waals surface area contributed by atoms with Crippen LogP contribution in [0, 0.1) is 5.41 Å². The number of rotatable bonds is 1. The summed E-state index contributed by atoms with van der Waals surface area (Å²) in [5.41, 5.74) is 2.20. The van der Waals surface area contributed by atoms with Gasteiger partial charge in [-0.2, -0.15) is 0 Å². The molecule has 1 N–H and O–H groups in total. The van der Waals surface area contributed by atoms with Crippen LogP contribution < -0.4 is 10.2 Å². The fraction of sp³-hybridized carbons (Fsp3) is 0.533. The number of anilines is 1. The molecule has 0 aliphatic carbocycles. The van der Waals surface area contributed by atoms with E-state index in [0.29, 0.717) is 5.91 Å². The van der Waals surface area contributed by atoms with Gasteiger partial charge in [0.05, 0.1) is 5.41 Å². The molecule has 2 aliphatic heterocycles. The number of carbonyl (C=O) groups is 1. The Kier molecular flexibility index (Phi) is 2.86. The van der Waals surface area contributed by atoms with E-state index in [0.717, 1.165) is 44.6 Å². The lowest BCUT2D eigenvalue weighted by Crippen LogP contribution is -2.50. The molecule has 18 heavy (non-hydrogen) atoms. The van der Waals surface area contributed by atoms with E-state index in [4.69, 9.17) is 0 Å². The average Bonchev–Trinajstić information content (AvgIpc) is 2.82. The van der Waals surface area contributed by atoms with Crippen molar-refractivity contribution in [1.82, 2.24) is 5.32 Å². The predicted molar refractivity (Wildman–Crippen MR) is 72.7 cm³/mol. The van der Waals surface area contributed by atoms with Gasteiger partial charge in [0.1, 0.15) is 0 Å². The molecule has 3 nitrogen and oxygen atoms in total. The highest BCUT2D eigenvalue weighted by Crippen LogP contribution is 2.34. The van der Waals surface area contributed by atoms with Crippen molar-refractivity contribution < 1.29 is 4.79 Å². The van der Waals surface area contributed by atoms with Gasteiger partial charge in [-0.25, -0.2) is 0 Å². The molecule has 0 aromatic heterocycles. The van der Waals surface area contributed by atoms with E-state index in [1.54, 1.807) is 0 Å². The van der Waals surface area contributed by atoms with Crippen LogP contribution in [0.25, 0.3) is 0 Å². The van der Waals surface area contributed by atoms with E-state index < -0.39 is 0 Å². The minimum absolute atomic E-state index is 0.226. The third kappa shape index (κ3) is 1.83. The molecule has 0 radical (unpaired) electrons. The molecule has 2 heterocycles. The quantitative estimate of drug-likeness (QED) is 0.819. The van der Waals surface area contributed by atoms with Crippen LogP contribution >= 0.6 is 0 Å². The van der Waals surface area contributed by atoms with E-state index in [-0.39, 0.29) is 5.41 Å². The first-order chi connectivity index (χ1) is 8.71. The van der Waals surface area contributed by atoms with Gasteiger partial charge in [0.2, 0.25) is 5.91 Å². The monoisotopic (exact) mass is 244 g/mol. The molecule has 0 spiro atoms. The van der Waals surface area contributed by atoms with Gasteiger partial charge in [-0.3, -0.25) is 4.79 Å². The minimum atomic E-state index is -0.226. The molecule has 1 unspecified atom stereocenters. The molecule has 1 amide bonds. The van der Waals surface area contributed by atoms with Crippen LogP contribution in [-0.4, -0.2) is 25.5 Å². The second-order valence-corrected chi connectivity index (χ2v) is 5.68. The Morgan fingerprint density at radius 1 is 1.39 bits per heavy atom. The van der Waals surface area contributed by atoms with Gasteiger partial charge >= 0.3 is 0 Å². The van der Waals surface area contributed by atoms with Crippen molar-refractivity contribution in [2.45, 2.75) is 26.2 Å². The van der Waals surface area contributed by atoms with Crippen molar-refractivity contribution in [1.29, 1.82) is 0 Å². The Balaban J connectivity index is 1.86. The molecule has 1 fully saturated rings. The lowest BCUT2D eigenvalue weighted by molar-refractivity contribution is -0.128. The lowest BCUT2D eigenvalue weighted by atomic mass is 9.81. The zero-order chi connectivity index (χ0) is 12.6. The summed E-state index contributed by atoms with van der Waals surface area (Å²) in [7, 11) is 0. The fourth-order valence-electron chi connectivity index (χ4n) is 3.11. The summed E-state index contributed by atoms with van der Waals surface area (Å²) in [6.07, 6.45) is 3.08. The molecular formula is C15H20N2O. The van der Waals surface area contributed by atoms with Gasteiger partial charge in [-0.15, -0.1) is 0 Å². The molecule has 0 bridgehead atoms. The molecule has 1 atom stereocenters. The van der Waals surface area contributed by atoms with Crippen LogP contribution in [-0.2, 0) is 11.2 Å². The first-order valence-electron chi connectivity index (χ1n) is 6.81. The van der Waals surface area contributed by atoms with Gasteiger partial charge < -0.3 is 10.2 Å². The topological polar surface area (TPSA) is 32.3 Å². The minimum Gasteiger partial charge on any atom is -0.316 e. The molecule has 96 valence electrons. The van der Waals surface area contributed by atoms with E-state index >= 15 is 0 Å². The highest BCUT2D eigenvalue weighted by Gasteiger charge is 2.39. The molecule has 3 heteroatoms. The number of fused-ring (bicyclic) bond motifs is 1. The fourth-order valence-corrected chi connectivity index (χ4v) is 3.11. The van der Waals surface area contributed by atoms with E-state index in [1.165, 1.54) is 5.56 Å².